The van der Waals surface area contributed by atoms with Gasteiger partial charge in [0.25, 0.3) is 0 Å². The molecule has 0 saturated carbocycles. The lowest BCUT2D eigenvalue weighted by molar-refractivity contribution is -0.117. The van der Waals surface area contributed by atoms with E-state index in [-0.39, 0.29) is 17.9 Å². The summed E-state index contributed by atoms with van der Waals surface area (Å²) in [6, 6.07) is 13.8. The summed E-state index contributed by atoms with van der Waals surface area (Å²) < 4.78 is 11.8. The molecule has 6 nitrogen and oxygen atoms in total. The van der Waals surface area contributed by atoms with E-state index < -0.39 is 11.2 Å². The van der Waals surface area contributed by atoms with Crippen molar-refractivity contribution < 1.29 is 9.35 Å². The molecular weight excluding hydrogens is 468 g/mol. The zero-order valence-corrected chi connectivity index (χ0v) is 21.2. The van der Waals surface area contributed by atoms with Gasteiger partial charge in [0.1, 0.15) is 6.26 Å². The zero-order valence-electron chi connectivity index (χ0n) is 19.6. The van der Waals surface area contributed by atoms with Crippen molar-refractivity contribution in [2.24, 2.45) is 0 Å². The van der Waals surface area contributed by atoms with Crippen LogP contribution in [0.15, 0.2) is 59.8 Å². The molecule has 3 unspecified atom stereocenters. The molecule has 4 rings (SSSR count). The summed E-state index contributed by atoms with van der Waals surface area (Å²) >= 11 is 5.14. The summed E-state index contributed by atoms with van der Waals surface area (Å²) in [5.74, 6) is 0.152. The third-order valence-electron chi connectivity index (χ3n) is 6.34. The molecule has 0 bridgehead atoms. The number of nitrogens with zero attached hydrogens (tertiary/aromatic N) is 3. The van der Waals surface area contributed by atoms with E-state index in [1.807, 2.05) is 50.2 Å². The highest BCUT2D eigenvalue weighted by Gasteiger charge is 2.28. The topological polar surface area (TPSA) is 81.2 Å². The summed E-state index contributed by atoms with van der Waals surface area (Å²) in [5, 5.41) is 3.66. The van der Waals surface area contributed by atoms with Crippen LogP contribution in [0.3, 0.4) is 0 Å². The molecule has 1 aliphatic rings. The molecule has 0 radical (unpaired) electrons. The molecule has 178 valence electrons. The lowest BCUT2D eigenvalue weighted by Crippen LogP contribution is -2.25. The molecule has 0 aliphatic carbocycles. The minimum atomic E-state index is -1.05. The highest BCUT2D eigenvalue weighted by molar-refractivity contribution is 7.90. The van der Waals surface area contributed by atoms with Gasteiger partial charge in [-0.3, -0.25) is 4.79 Å². The van der Waals surface area contributed by atoms with Crippen molar-refractivity contribution in [1.29, 1.82) is 0 Å². The van der Waals surface area contributed by atoms with Gasteiger partial charge in [-0.1, -0.05) is 36.7 Å². The Bertz CT molecular complexity index is 1160. The maximum Gasteiger partial charge on any atom is 0.231 e. The number of hydrogen-bond donors (Lipinski definition) is 1. The summed E-state index contributed by atoms with van der Waals surface area (Å²) in [4.78, 5) is 25.0. The first-order valence-electron chi connectivity index (χ1n) is 11.5. The molecule has 8 heteroatoms. The molecule has 0 spiro atoms. The Hall–Kier alpha value is -2.61. The number of hydrogen-bond acceptors (Lipinski definition) is 5. The molecule has 1 fully saturated rings. The van der Waals surface area contributed by atoms with Gasteiger partial charge in [0, 0.05) is 11.6 Å². The van der Waals surface area contributed by atoms with Gasteiger partial charge in [0.05, 0.1) is 30.0 Å². The standard InChI is InChI=1S/C26H29ClN4O2S/c1-4-18-14-22(34(3)33)10-11-23(18)17(2)25(32)30-21-15-28-26(29-16-21)31-12-6-9-24(31)19-7-5-8-20(27)13-19/h5,7-8,10-11,13-17,24H,4,6,9,12H2,1-3H3,(H,30,32). The fraction of sp³-hybridized carbons (Fsp3) is 0.346. The quantitative estimate of drug-likeness (QED) is 0.436. The van der Waals surface area contributed by atoms with Crippen molar-refractivity contribution in [1.82, 2.24) is 9.97 Å². The molecule has 3 aromatic rings. The third-order valence-corrected chi connectivity index (χ3v) is 7.49. The second kappa shape index (κ2) is 10.8. The lowest BCUT2D eigenvalue weighted by atomic mass is 9.93. The van der Waals surface area contributed by atoms with E-state index in [9.17, 15) is 9.35 Å². The van der Waals surface area contributed by atoms with Gasteiger partial charge >= 0.3 is 0 Å². The number of carbonyl (C=O) groups is 1. The molecule has 3 atom stereocenters. The van der Waals surface area contributed by atoms with E-state index in [0.717, 1.165) is 52.4 Å². The predicted octanol–water partition coefficient (Wildman–Crippen LogP) is 5.51. The highest BCUT2D eigenvalue weighted by Crippen LogP contribution is 2.35. The third kappa shape index (κ3) is 5.37. The average molecular weight is 497 g/mol. The minimum Gasteiger partial charge on any atom is -0.612 e. The number of anilines is 2. The van der Waals surface area contributed by atoms with Crippen molar-refractivity contribution in [3.63, 3.8) is 0 Å². The molecule has 1 aromatic heterocycles. The van der Waals surface area contributed by atoms with E-state index in [2.05, 4.69) is 26.3 Å². The van der Waals surface area contributed by atoms with Gasteiger partial charge in [-0.2, -0.15) is 0 Å². The largest absolute Gasteiger partial charge is 0.612 e. The SMILES string of the molecule is CCc1cc([S+](C)[O-])ccc1C(C)C(=O)Nc1cnc(N2CCCC2c2cccc(Cl)c2)nc1. The van der Waals surface area contributed by atoms with Crippen LogP contribution in [0.1, 0.15) is 55.3 Å². The van der Waals surface area contributed by atoms with Gasteiger partial charge in [-0.15, -0.1) is 0 Å². The average Bonchev–Trinajstić information content (AvgIpc) is 3.33. The Kier molecular flexibility index (Phi) is 7.76. The Balaban J connectivity index is 1.46. The van der Waals surface area contributed by atoms with E-state index in [4.69, 9.17) is 11.6 Å². The Morgan fingerprint density at radius 1 is 1.26 bits per heavy atom. The predicted molar refractivity (Wildman–Crippen MR) is 138 cm³/mol. The van der Waals surface area contributed by atoms with Crippen LogP contribution < -0.4 is 10.2 Å². The van der Waals surface area contributed by atoms with E-state index in [1.165, 1.54) is 0 Å². The van der Waals surface area contributed by atoms with Crippen LogP contribution >= 0.6 is 11.6 Å². The molecule has 1 aliphatic heterocycles. The Labute approximate surface area is 208 Å². The van der Waals surface area contributed by atoms with Gasteiger partial charge in [-0.05, 0) is 78.3 Å². The van der Waals surface area contributed by atoms with Gasteiger partial charge in [-0.25, -0.2) is 9.97 Å². The maximum atomic E-state index is 13.0. The second-order valence-corrected chi connectivity index (χ2v) is 10.4. The van der Waals surface area contributed by atoms with Crippen LogP contribution in [-0.2, 0) is 22.4 Å². The van der Waals surface area contributed by atoms with Crippen LogP contribution in [0.4, 0.5) is 11.6 Å². The first-order chi connectivity index (χ1) is 16.4. The van der Waals surface area contributed by atoms with Gasteiger partial charge in [0.2, 0.25) is 11.9 Å². The Morgan fingerprint density at radius 3 is 2.71 bits per heavy atom. The van der Waals surface area contributed by atoms with Gasteiger partial charge < -0.3 is 14.8 Å². The molecule has 1 saturated heterocycles. The van der Waals surface area contributed by atoms with Crippen molar-refractivity contribution in [2.75, 3.05) is 23.0 Å². The summed E-state index contributed by atoms with van der Waals surface area (Å²) in [6.45, 7) is 4.78. The number of rotatable bonds is 7. The summed E-state index contributed by atoms with van der Waals surface area (Å²) in [7, 11) is 0. The van der Waals surface area contributed by atoms with Crippen molar-refractivity contribution in [3.8, 4) is 0 Å². The van der Waals surface area contributed by atoms with E-state index >= 15 is 0 Å². The van der Waals surface area contributed by atoms with Crippen LogP contribution in [0.25, 0.3) is 0 Å². The molecule has 1 N–H and O–H groups in total. The van der Waals surface area contributed by atoms with Crippen molar-refractivity contribution in [3.05, 3.63) is 76.6 Å². The Morgan fingerprint density at radius 2 is 2.03 bits per heavy atom. The minimum absolute atomic E-state index is 0.130. The lowest BCUT2D eigenvalue weighted by Gasteiger charge is -2.25. The number of amides is 1. The normalized spacial score (nSPS) is 17.4. The van der Waals surface area contributed by atoms with Gasteiger partial charge in [0.15, 0.2) is 4.90 Å². The number of carbonyl (C=O) groups excluding carboxylic acids is 1. The fourth-order valence-corrected chi connectivity index (χ4v) is 5.25. The van der Waals surface area contributed by atoms with Crippen LogP contribution in [0.5, 0.6) is 0 Å². The molecule has 34 heavy (non-hydrogen) atoms. The summed E-state index contributed by atoms with van der Waals surface area (Å²) in [6.07, 6.45) is 7.81. The van der Waals surface area contributed by atoms with Crippen LogP contribution in [0.2, 0.25) is 5.02 Å². The van der Waals surface area contributed by atoms with Crippen molar-refractivity contribution in [2.45, 2.75) is 50.0 Å². The number of nitrogens with one attached hydrogen (secondary N) is 1. The van der Waals surface area contributed by atoms with E-state index in [1.54, 1.807) is 18.6 Å². The monoisotopic (exact) mass is 496 g/mol. The smallest absolute Gasteiger partial charge is 0.231 e. The first kappa shape index (κ1) is 24.5. The maximum absolute atomic E-state index is 13.0. The second-order valence-electron chi connectivity index (χ2n) is 8.56. The zero-order chi connectivity index (χ0) is 24.2. The molecular formula is C26H29ClN4O2S. The van der Waals surface area contributed by atoms with Crippen LogP contribution in [0, 0.1) is 0 Å². The number of halogens is 1. The number of aryl methyl sites for hydroxylation is 1. The summed E-state index contributed by atoms with van der Waals surface area (Å²) in [5.41, 5.74) is 3.68. The highest BCUT2D eigenvalue weighted by atomic mass is 35.5. The first-order valence-corrected chi connectivity index (χ1v) is 13.4. The molecule has 2 heterocycles. The molecule has 2 aromatic carbocycles. The van der Waals surface area contributed by atoms with E-state index in [0.29, 0.717) is 11.6 Å². The molecule has 1 amide bonds. The van der Waals surface area contributed by atoms with Crippen molar-refractivity contribution >= 4 is 40.3 Å². The number of benzene rings is 2. The number of aromatic nitrogens is 2. The van der Waals surface area contributed by atoms with Crippen LogP contribution in [-0.4, -0.2) is 33.2 Å². The fourth-order valence-electron chi connectivity index (χ4n) is 4.48.